The van der Waals surface area contributed by atoms with E-state index in [-0.39, 0.29) is 5.91 Å². The predicted octanol–water partition coefficient (Wildman–Crippen LogP) is 3.25. The molecule has 2 heteroatoms. The van der Waals surface area contributed by atoms with Gasteiger partial charge in [0, 0.05) is 11.8 Å². The number of rotatable bonds is 2. The van der Waals surface area contributed by atoms with Crippen molar-refractivity contribution in [3.8, 4) is 0 Å². The topological polar surface area (TPSA) is 29.4 Å². The third-order valence-corrected chi connectivity index (χ3v) is 2.51. The van der Waals surface area contributed by atoms with Crippen LogP contribution in [-0.2, 0) is 0 Å². The molecule has 2 nitrogen and oxygen atoms in total. The van der Waals surface area contributed by atoms with Crippen molar-refractivity contribution in [1.29, 1.82) is 0 Å². The van der Waals surface area contributed by atoms with Gasteiger partial charge in [0.05, 0.1) is 0 Å². The molecule has 0 N–H and O–H groups in total. The second kappa shape index (κ2) is 5.21. The first-order valence-corrected chi connectivity index (χ1v) is 5.46. The third kappa shape index (κ3) is 2.88. The lowest BCUT2D eigenvalue weighted by Gasteiger charge is -1.99. The van der Waals surface area contributed by atoms with Crippen molar-refractivity contribution in [1.82, 2.24) is 0 Å². The summed E-state index contributed by atoms with van der Waals surface area (Å²) in [6.07, 6.45) is 1.59. The number of hydrogen-bond acceptors (Lipinski definition) is 1. The molecule has 2 aromatic rings. The molecule has 17 heavy (non-hydrogen) atoms. The van der Waals surface area contributed by atoms with Gasteiger partial charge in [-0.25, -0.2) is 4.99 Å². The number of benzene rings is 2. The van der Waals surface area contributed by atoms with Crippen molar-refractivity contribution in [2.24, 2.45) is 4.99 Å². The molecule has 84 valence electrons. The highest BCUT2D eigenvalue weighted by atomic mass is 16.1. The highest BCUT2D eigenvalue weighted by Gasteiger charge is 2.05. The molecule has 0 radical (unpaired) electrons. The zero-order chi connectivity index (χ0) is 12.1. The molecule has 0 bridgehead atoms. The van der Waals surface area contributed by atoms with E-state index in [1.165, 1.54) is 0 Å². The standard InChI is InChI=1S/C15H13NO/c1-12-7-5-6-10-14(12)15(17)16-11-13-8-3-2-4-9-13/h2-11H,1H3. The van der Waals surface area contributed by atoms with Gasteiger partial charge in [-0.3, -0.25) is 4.79 Å². The summed E-state index contributed by atoms with van der Waals surface area (Å²) in [5, 5.41) is 0. The van der Waals surface area contributed by atoms with E-state index >= 15 is 0 Å². The van der Waals surface area contributed by atoms with Gasteiger partial charge in [-0.2, -0.15) is 0 Å². The molecule has 0 saturated heterocycles. The van der Waals surface area contributed by atoms with Crippen molar-refractivity contribution in [3.05, 3.63) is 71.3 Å². The van der Waals surface area contributed by atoms with Gasteiger partial charge in [0.15, 0.2) is 0 Å². The maximum Gasteiger partial charge on any atom is 0.277 e. The van der Waals surface area contributed by atoms with E-state index in [9.17, 15) is 4.79 Å². The number of carbonyl (C=O) groups excluding carboxylic acids is 1. The molecule has 0 unspecified atom stereocenters. The normalized spacial score (nSPS) is 10.6. The fourth-order valence-electron chi connectivity index (χ4n) is 1.55. The van der Waals surface area contributed by atoms with E-state index in [0.29, 0.717) is 5.56 Å². The van der Waals surface area contributed by atoms with Crippen molar-refractivity contribution in [2.45, 2.75) is 6.92 Å². The van der Waals surface area contributed by atoms with Crippen LogP contribution in [0, 0.1) is 6.92 Å². The van der Waals surface area contributed by atoms with Crippen molar-refractivity contribution in [3.63, 3.8) is 0 Å². The monoisotopic (exact) mass is 223 g/mol. The van der Waals surface area contributed by atoms with Gasteiger partial charge < -0.3 is 0 Å². The number of carbonyl (C=O) groups is 1. The summed E-state index contributed by atoms with van der Waals surface area (Å²) >= 11 is 0. The number of hydrogen-bond donors (Lipinski definition) is 0. The minimum absolute atomic E-state index is 0.202. The Bertz CT molecular complexity index is 544. The molecule has 0 aromatic heterocycles. The average Bonchev–Trinajstić information content (AvgIpc) is 2.38. The van der Waals surface area contributed by atoms with Crippen LogP contribution in [0.1, 0.15) is 21.5 Å². The molecule has 0 saturated carbocycles. The van der Waals surface area contributed by atoms with E-state index in [4.69, 9.17) is 0 Å². The van der Waals surface area contributed by atoms with Gasteiger partial charge in [-0.05, 0) is 24.1 Å². The minimum Gasteiger partial charge on any atom is -0.267 e. The highest BCUT2D eigenvalue weighted by Crippen LogP contribution is 2.08. The third-order valence-electron chi connectivity index (χ3n) is 2.51. The number of nitrogens with zero attached hydrogens (tertiary/aromatic N) is 1. The molecule has 0 aliphatic rings. The Hall–Kier alpha value is -2.22. The lowest BCUT2D eigenvalue weighted by atomic mass is 10.1. The maximum absolute atomic E-state index is 11.8. The van der Waals surface area contributed by atoms with Crippen LogP contribution in [0.25, 0.3) is 0 Å². The zero-order valence-corrected chi connectivity index (χ0v) is 9.63. The molecule has 2 rings (SSSR count). The Morgan fingerprint density at radius 3 is 2.35 bits per heavy atom. The summed E-state index contributed by atoms with van der Waals surface area (Å²) in [5.74, 6) is -0.202. The first-order chi connectivity index (χ1) is 8.27. The van der Waals surface area contributed by atoms with Gasteiger partial charge in [0.25, 0.3) is 5.91 Å². The Balaban J connectivity index is 2.18. The van der Waals surface area contributed by atoms with Crippen LogP contribution in [0.5, 0.6) is 0 Å². The van der Waals surface area contributed by atoms with E-state index in [0.717, 1.165) is 11.1 Å². The summed E-state index contributed by atoms with van der Waals surface area (Å²) in [7, 11) is 0. The van der Waals surface area contributed by atoms with Gasteiger partial charge in [0.2, 0.25) is 0 Å². The van der Waals surface area contributed by atoms with Gasteiger partial charge in [0.1, 0.15) is 0 Å². The SMILES string of the molecule is Cc1ccccc1C(=O)N=Cc1ccccc1. The molecule has 0 heterocycles. The summed E-state index contributed by atoms with van der Waals surface area (Å²) in [4.78, 5) is 15.8. The van der Waals surface area contributed by atoms with E-state index < -0.39 is 0 Å². The lowest BCUT2D eigenvalue weighted by Crippen LogP contribution is -1.98. The first kappa shape index (κ1) is 11.3. The van der Waals surface area contributed by atoms with Crippen molar-refractivity contribution < 1.29 is 4.79 Å². The molecule has 0 fully saturated rings. The number of aryl methyl sites for hydroxylation is 1. The fourth-order valence-corrected chi connectivity index (χ4v) is 1.55. The summed E-state index contributed by atoms with van der Waals surface area (Å²) in [6.45, 7) is 1.91. The van der Waals surface area contributed by atoms with Crippen LogP contribution in [0.4, 0.5) is 0 Å². The van der Waals surface area contributed by atoms with Gasteiger partial charge >= 0.3 is 0 Å². The first-order valence-electron chi connectivity index (χ1n) is 5.46. The molecule has 0 aliphatic heterocycles. The van der Waals surface area contributed by atoms with E-state index in [1.807, 2.05) is 55.5 Å². The average molecular weight is 223 g/mol. The molecule has 0 aliphatic carbocycles. The summed E-state index contributed by atoms with van der Waals surface area (Å²) in [6, 6.07) is 17.0. The lowest BCUT2D eigenvalue weighted by molar-refractivity contribution is 0.100. The summed E-state index contributed by atoms with van der Waals surface area (Å²) in [5.41, 5.74) is 2.52. The molecule has 0 atom stereocenters. The molecular weight excluding hydrogens is 210 g/mol. The van der Waals surface area contributed by atoms with Gasteiger partial charge in [-0.1, -0.05) is 48.5 Å². The van der Waals surface area contributed by atoms with Crippen LogP contribution in [0.2, 0.25) is 0 Å². The van der Waals surface area contributed by atoms with E-state index in [2.05, 4.69) is 4.99 Å². The highest BCUT2D eigenvalue weighted by molar-refractivity contribution is 6.02. The second-order valence-electron chi connectivity index (χ2n) is 3.79. The minimum atomic E-state index is -0.202. The Morgan fingerprint density at radius 2 is 1.65 bits per heavy atom. The van der Waals surface area contributed by atoms with Crippen LogP contribution in [-0.4, -0.2) is 12.1 Å². The van der Waals surface area contributed by atoms with Crippen LogP contribution >= 0.6 is 0 Å². The van der Waals surface area contributed by atoms with Crippen LogP contribution < -0.4 is 0 Å². The fraction of sp³-hybridized carbons (Fsp3) is 0.0667. The smallest absolute Gasteiger partial charge is 0.267 e. The largest absolute Gasteiger partial charge is 0.277 e. The van der Waals surface area contributed by atoms with Crippen LogP contribution in [0.15, 0.2) is 59.6 Å². The number of aliphatic imine (C=N–C) groups is 1. The quantitative estimate of drug-likeness (QED) is 0.718. The Kier molecular flexibility index (Phi) is 3.46. The molecule has 1 amide bonds. The predicted molar refractivity (Wildman–Crippen MR) is 69.5 cm³/mol. The van der Waals surface area contributed by atoms with Crippen LogP contribution in [0.3, 0.4) is 0 Å². The molecule has 2 aromatic carbocycles. The molecular formula is C15H13NO. The van der Waals surface area contributed by atoms with Crippen molar-refractivity contribution >= 4 is 12.1 Å². The van der Waals surface area contributed by atoms with Gasteiger partial charge in [-0.15, -0.1) is 0 Å². The number of amides is 1. The molecule has 0 spiro atoms. The Morgan fingerprint density at radius 1 is 1.00 bits per heavy atom. The van der Waals surface area contributed by atoms with E-state index in [1.54, 1.807) is 12.3 Å². The zero-order valence-electron chi connectivity index (χ0n) is 9.63. The van der Waals surface area contributed by atoms with Crippen molar-refractivity contribution in [2.75, 3.05) is 0 Å². The Labute approximate surface area is 101 Å². The summed E-state index contributed by atoms with van der Waals surface area (Å²) < 4.78 is 0. The second-order valence-corrected chi connectivity index (χ2v) is 3.79. The maximum atomic E-state index is 11.8.